The lowest BCUT2D eigenvalue weighted by atomic mass is 9.90. The van der Waals surface area contributed by atoms with Crippen LogP contribution in [-0.2, 0) is 20.9 Å². The van der Waals surface area contributed by atoms with E-state index >= 15 is 0 Å². The molecule has 3 aromatic carbocycles. The third kappa shape index (κ3) is 9.15. The molecule has 0 radical (unpaired) electrons. The average molecular weight is 640 g/mol. The zero-order valence-corrected chi connectivity index (χ0v) is 28.0. The second kappa shape index (κ2) is 14.8. The van der Waals surface area contributed by atoms with Gasteiger partial charge in [-0.25, -0.2) is 4.79 Å². The Kier molecular flexibility index (Phi) is 10.5. The standard InChI is InChI=1S/C38H45N3O6/c1-26(42)39-17-19-46-33-21-27(20-32(23-33)45-5)24-41(31-14-15-31)36(43)35-25-40(37(44)47-38(2,3)4)18-16-34(35)30-13-9-12-29(22-30)28-10-7-6-8-11-28/h6-13,20-23,31H,14-19,24-25H2,1-5H3,(H,39,42). The number of carbonyl (C=O) groups is 3. The quantitative estimate of drug-likeness (QED) is 0.242. The van der Waals surface area contributed by atoms with Crippen molar-refractivity contribution in [1.82, 2.24) is 15.1 Å². The molecule has 0 spiro atoms. The fraction of sp³-hybridized carbons (Fsp3) is 0.395. The fourth-order valence-corrected chi connectivity index (χ4v) is 5.72. The van der Waals surface area contributed by atoms with Gasteiger partial charge in [-0.05, 0) is 86.1 Å². The van der Waals surface area contributed by atoms with Crippen molar-refractivity contribution in [2.24, 2.45) is 0 Å². The maximum absolute atomic E-state index is 14.7. The topological polar surface area (TPSA) is 97.4 Å². The molecule has 1 fully saturated rings. The van der Waals surface area contributed by atoms with E-state index in [0.717, 1.165) is 40.7 Å². The molecule has 0 atom stereocenters. The normalized spacial score (nSPS) is 14.8. The van der Waals surface area contributed by atoms with E-state index < -0.39 is 11.7 Å². The Bertz CT molecular complexity index is 1620. The molecule has 0 unspecified atom stereocenters. The molecule has 1 N–H and O–H groups in total. The first-order valence-electron chi connectivity index (χ1n) is 16.2. The number of nitrogens with one attached hydrogen (secondary N) is 1. The summed E-state index contributed by atoms with van der Waals surface area (Å²) in [5, 5.41) is 2.73. The second-order valence-electron chi connectivity index (χ2n) is 13.1. The molecule has 9 nitrogen and oxygen atoms in total. The lowest BCUT2D eigenvalue weighted by molar-refractivity contribution is -0.128. The molecule has 1 saturated carbocycles. The van der Waals surface area contributed by atoms with E-state index in [4.69, 9.17) is 14.2 Å². The van der Waals surface area contributed by atoms with Crippen LogP contribution in [0.15, 0.2) is 78.4 Å². The Hall–Kier alpha value is -4.79. The summed E-state index contributed by atoms with van der Waals surface area (Å²) in [4.78, 5) is 42.7. The molecule has 0 aromatic heterocycles. The minimum absolute atomic E-state index is 0.0863. The first-order valence-corrected chi connectivity index (χ1v) is 16.2. The molecular formula is C38H45N3O6. The molecule has 5 rings (SSSR count). The van der Waals surface area contributed by atoms with E-state index in [2.05, 4.69) is 29.6 Å². The summed E-state index contributed by atoms with van der Waals surface area (Å²) in [7, 11) is 1.60. The van der Waals surface area contributed by atoms with Gasteiger partial charge < -0.3 is 29.3 Å². The second-order valence-corrected chi connectivity index (χ2v) is 13.1. The van der Waals surface area contributed by atoms with Crippen molar-refractivity contribution in [2.45, 2.75) is 65.1 Å². The van der Waals surface area contributed by atoms with Crippen LogP contribution >= 0.6 is 0 Å². The Morgan fingerprint density at radius 2 is 1.62 bits per heavy atom. The summed E-state index contributed by atoms with van der Waals surface area (Å²) in [5.74, 6) is 1.01. The van der Waals surface area contributed by atoms with Gasteiger partial charge in [0.25, 0.3) is 5.91 Å². The third-order valence-electron chi connectivity index (χ3n) is 8.09. The molecule has 3 amide bonds. The van der Waals surface area contributed by atoms with Gasteiger partial charge in [0, 0.05) is 37.7 Å². The summed E-state index contributed by atoms with van der Waals surface area (Å²) in [6.45, 7) is 8.66. The Labute approximate surface area is 277 Å². The zero-order chi connectivity index (χ0) is 33.6. The van der Waals surface area contributed by atoms with Gasteiger partial charge in [-0.3, -0.25) is 9.59 Å². The van der Waals surface area contributed by atoms with Crippen LogP contribution in [0, 0.1) is 0 Å². The smallest absolute Gasteiger partial charge is 0.410 e. The molecule has 0 saturated heterocycles. The third-order valence-corrected chi connectivity index (χ3v) is 8.09. The van der Waals surface area contributed by atoms with Gasteiger partial charge in [0.2, 0.25) is 5.91 Å². The number of ether oxygens (including phenoxy) is 3. The van der Waals surface area contributed by atoms with Crippen molar-refractivity contribution in [3.05, 3.63) is 89.5 Å². The zero-order valence-electron chi connectivity index (χ0n) is 28.0. The van der Waals surface area contributed by atoms with E-state index in [0.29, 0.717) is 49.7 Å². The summed E-state index contributed by atoms with van der Waals surface area (Å²) in [6, 6.07) is 24.2. The minimum atomic E-state index is -0.649. The van der Waals surface area contributed by atoms with E-state index in [9.17, 15) is 14.4 Å². The predicted octanol–water partition coefficient (Wildman–Crippen LogP) is 6.46. The van der Waals surface area contributed by atoms with Gasteiger partial charge in [-0.1, -0.05) is 48.5 Å². The van der Waals surface area contributed by atoms with Crippen LogP contribution in [-0.4, -0.2) is 72.7 Å². The summed E-state index contributed by atoms with van der Waals surface area (Å²) in [5.41, 5.74) is 4.92. The van der Waals surface area contributed by atoms with Crippen molar-refractivity contribution in [1.29, 1.82) is 0 Å². The van der Waals surface area contributed by atoms with Gasteiger partial charge >= 0.3 is 6.09 Å². The maximum atomic E-state index is 14.7. The number of benzene rings is 3. The first-order chi connectivity index (χ1) is 22.5. The number of rotatable bonds is 11. The number of carbonyl (C=O) groups excluding carboxylic acids is 3. The van der Waals surface area contributed by atoms with E-state index in [1.807, 2.05) is 68.1 Å². The van der Waals surface area contributed by atoms with Gasteiger partial charge in [0.1, 0.15) is 23.7 Å². The summed E-state index contributed by atoms with van der Waals surface area (Å²) < 4.78 is 17.2. The molecule has 248 valence electrons. The number of amides is 3. The van der Waals surface area contributed by atoms with E-state index in [1.165, 1.54) is 6.92 Å². The number of hydrogen-bond acceptors (Lipinski definition) is 6. The van der Waals surface area contributed by atoms with Crippen LogP contribution in [0.3, 0.4) is 0 Å². The number of nitrogens with zero attached hydrogens (tertiary/aromatic N) is 2. The van der Waals surface area contributed by atoms with Gasteiger partial charge in [0.05, 0.1) is 20.2 Å². The number of methoxy groups -OCH3 is 1. The first kappa shape index (κ1) is 33.6. The Balaban J connectivity index is 1.47. The highest BCUT2D eigenvalue weighted by molar-refractivity contribution is 6.03. The Morgan fingerprint density at radius 3 is 2.30 bits per heavy atom. The molecule has 2 aliphatic rings. The van der Waals surface area contributed by atoms with Gasteiger partial charge in [-0.15, -0.1) is 0 Å². The Morgan fingerprint density at radius 1 is 0.915 bits per heavy atom. The minimum Gasteiger partial charge on any atom is -0.497 e. The SMILES string of the molecule is COc1cc(CN(C(=O)C2=C(c3cccc(-c4ccccc4)c3)CCN(C(=O)OC(C)(C)C)C2)C2CC2)cc(OCCNC(C)=O)c1. The monoisotopic (exact) mass is 639 g/mol. The van der Waals surface area contributed by atoms with Gasteiger partial charge in [0.15, 0.2) is 0 Å². The molecule has 9 heteroatoms. The van der Waals surface area contributed by atoms with Crippen LogP contribution in [0.4, 0.5) is 4.79 Å². The van der Waals surface area contributed by atoms with Crippen LogP contribution in [0.2, 0.25) is 0 Å². The van der Waals surface area contributed by atoms with Crippen LogP contribution in [0.25, 0.3) is 16.7 Å². The highest BCUT2D eigenvalue weighted by Crippen LogP contribution is 2.36. The van der Waals surface area contributed by atoms with Crippen molar-refractivity contribution >= 4 is 23.5 Å². The van der Waals surface area contributed by atoms with Gasteiger partial charge in [-0.2, -0.15) is 0 Å². The van der Waals surface area contributed by atoms with Crippen molar-refractivity contribution < 1.29 is 28.6 Å². The molecule has 3 aromatic rings. The van der Waals surface area contributed by atoms with E-state index in [-0.39, 0.29) is 24.4 Å². The predicted molar refractivity (Wildman–Crippen MR) is 182 cm³/mol. The van der Waals surface area contributed by atoms with Crippen LogP contribution in [0.5, 0.6) is 11.5 Å². The largest absolute Gasteiger partial charge is 0.497 e. The van der Waals surface area contributed by atoms with E-state index in [1.54, 1.807) is 18.1 Å². The highest BCUT2D eigenvalue weighted by atomic mass is 16.6. The lowest BCUT2D eigenvalue weighted by Crippen LogP contribution is -2.44. The molecule has 47 heavy (non-hydrogen) atoms. The maximum Gasteiger partial charge on any atom is 0.410 e. The molecule has 0 bridgehead atoms. The molecule has 1 aliphatic heterocycles. The van der Waals surface area contributed by atoms with Crippen molar-refractivity contribution in [2.75, 3.05) is 33.4 Å². The van der Waals surface area contributed by atoms with Crippen LogP contribution in [0.1, 0.15) is 58.1 Å². The average Bonchev–Trinajstić information content (AvgIpc) is 3.90. The summed E-state index contributed by atoms with van der Waals surface area (Å²) in [6.07, 6.45) is 1.93. The summed E-state index contributed by atoms with van der Waals surface area (Å²) >= 11 is 0. The van der Waals surface area contributed by atoms with Crippen molar-refractivity contribution in [3.8, 4) is 22.6 Å². The fourth-order valence-electron chi connectivity index (χ4n) is 5.72. The van der Waals surface area contributed by atoms with Crippen molar-refractivity contribution in [3.63, 3.8) is 0 Å². The molecule has 1 heterocycles. The lowest BCUT2D eigenvalue weighted by Gasteiger charge is -2.34. The highest BCUT2D eigenvalue weighted by Gasteiger charge is 2.38. The molecular weight excluding hydrogens is 594 g/mol. The van der Waals surface area contributed by atoms with Crippen LogP contribution < -0.4 is 14.8 Å². The molecule has 1 aliphatic carbocycles. The number of hydrogen-bond donors (Lipinski definition) is 1.